The van der Waals surface area contributed by atoms with Crippen molar-refractivity contribution in [3.05, 3.63) is 23.9 Å². The monoisotopic (exact) mass is 261 g/mol. The van der Waals surface area contributed by atoms with E-state index in [4.69, 9.17) is 19.9 Å². The van der Waals surface area contributed by atoms with Crippen LogP contribution in [0.25, 0.3) is 11.1 Å². The van der Waals surface area contributed by atoms with E-state index in [2.05, 4.69) is 5.10 Å². The quantitative estimate of drug-likeness (QED) is 0.907. The van der Waals surface area contributed by atoms with Gasteiger partial charge in [0.05, 0.1) is 12.8 Å². The highest BCUT2D eigenvalue weighted by Gasteiger charge is 2.24. The van der Waals surface area contributed by atoms with E-state index in [9.17, 15) is 0 Å². The summed E-state index contributed by atoms with van der Waals surface area (Å²) < 4.78 is 17.8. The first-order valence-electron chi connectivity index (χ1n) is 5.90. The summed E-state index contributed by atoms with van der Waals surface area (Å²) in [5.41, 5.74) is 8.77. The highest BCUT2D eigenvalue weighted by Crippen LogP contribution is 2.45. The van der Waals surface area contributed by atoms with Crippen molar-refractivity contribution in [2.45, 2.75) is 6.61 Å². The van der Waals surface area contributed by atoms with E-state index < -0.39 is 0 Å². The molecule has 1 aromatic carbocycles. The molecule has 3 rings (SSSR count). The lowest BCUT2D eigenvalue weighted by atomic mass is 10.0. The third-order valence-electron chi connectivity index (χ3n) is 3.18. The van der Waals surface area contributed by atoms with E-state index in [-0.39, 0.29) is 6.79 Å². The molecule has 0 saturated carbocycles. The Morgan fingerprint density at radius 3 is 2.95 bits per heavy atom. The first-order chi connectivity index (χ1) is 9.22. The summed E-state index contributed by atoms with van der Waals surface area (Å²) in [4.78, 5) is 0. The standard InChI is InChI=1S/C13H15N3O3/c1-16-13(14)9(5-15-16)11-8(6-17-2)3-4-10-12(11)19-7-18-10/h3-5H,6-7,14H2,1-2H3. The fourth-order valence-corrected chi connectivity index (χ4v) is 2.22. The molecular formula is C13H15N3O3. The first-order valence-corrected chi connectivity index (χ1v) is 5.90. The van der Waals surface area contributed by atoms with E-state index in [0.717, 1.165) is 22.4 Å². The lowest BCUT2D eigenvalue weighted by Gasteiger charge is -2.11. The van der Waals surface area contributed by atoms with Gasteiger partial charge in [-0.25, -0.2) is 0 Å². The van der Waals surface area contributed by atoms with E-state index in [1.165, 1.54) is 0 Å². The molecule has 0 amide bonds. The van der Waals surface area contributed by atoms with Gasteiger partial charge in [0.15, 0.2) is 11.5 Å². The molecule has 0 spiro atoms. The van der Waals surface area contributed by atoms with Crippen molar-refractivity contribution in [2.24, 2.45) is 7.05 Å². The summed E-state index contributed by atoms with van der Waals surface area (Å²) in [6.07, 6.45) is 1.73. The van der Waals surface area contributed by atoms with Crippen LogP contribution in [-0.4, -0.2) is 23.7 Å². The van der Waals surface area contributed by atoms with E-state index in [1.54, 1.807) is 25.0 Å². The molecule has 0 fully saturated rings. The first kappa shape index (κ1) is 11.9. The number of benzene rings is 1. The molecule has 0 atom stereocenters. The summed E-state index contributed by atoms with van der Waals surface area (Å²) in [7, 11) is 3.45. The van der Waals surface area contributed by atoms with Crippen LogP contribution in [-0.2, 0) is 18.4 Å². The zero-order chi connectivity index (χ0) is 13.4. The zero-order valence-electron chi connectivity index (χ0n) is 10.8. The molecule has 1 aromatic heterocycles. The minimum Gasteiger partial charge on any atom is -0.454 e. The van der Waals surface area contributed by atoms with Gasteiger partial charge in [0.2, 0.25) is 6.79 Å². The van der Waals surface area contributed by atoms with Gasteiger partial charge in [-0.2, -0.15) is 5.10 Å². The van der Waals surface area contributed by atoms with Gasteiger partial charge in [-0.1, -0.05) is 6.07 Å². The summed E-state index contributed by atoms with van der Waals surface area (Å²) in [6.45, 7) is 0.694. The Hall–Kier alpha value is -2.21. The molecule has 19 heavy (non-hydrogen) atoms. The molecule has 0 radical (unpaired) electrons. The molecule has 0 bridgehead atoms. The summed E-state index contributed by atoms with van der Waals surface area (Å²) in [6, 6.07) is 3.84. The lowest BCUT2D eigenvalue weighted by Crippen LogP contribution is -2.00. The maximum atomic E-state index is 6.06. The molecule has 1 aliphatic heterocycles. The average Bonchev–Trinajstić information content (AvgIpc) is 2.99. The maximum absolute atomic E-state index is 6.06. The SMILES string of the molecule is COCc1ccc2c(c1-c1cnn(C)c1N)OCO2. The van der Waals surface area contributed by atoms with Gasteiger partial charge in [0.25, 0.3) is 0 Å². The number of nitrogens with two attached hydrogens (primary N) is 1. The Bertz CT molecular complexity index is 622. The van der Waals surface area contributed by atoms with Crippen LogP contribution in [0.1, 0.15) is 5.56 Å². The van der Waals surface area contributed by atoms with Crippen LogP contribution in [0.4, 0.5) is 5.82 Å². The average molecular weight is 261 g/mol. The highest BCUT2D eigenvalue weighted by molar-refractivity contribution is 5.83. The number of fused-ring (bicyclic) bond motifs is 1. The number of methoxy groups -OCH3 is 1. The second kappa shape index (κ2) is 4.47. The highest BCUT2D eigenvalue weighted by atomic mass is 16.7. The van der Waals surface area contributed by atoms with Crippen LogP contribution in [0.2, 0.25) is 0 Å². The van der Waals surface area contributed by atoms with Crippen LogP contribution in [0.3, 0.4) is 0 Å². The third-order valence-corrected chi connectivity index (χ3v) is 3.18. The number of ether oxygens (including phenoxy) is 3. The van der Waals surface area contributed by atoms with Crippen molar-refractivity contribution < 1.29 is 14.2 Å². The number of aromatic nitrogens is 2. The predicted octanol–water partition coefficient (Wildman–Crippen LogP) is 1.54. The molecule has 2 N–H and O–H groups in total. The van der Waals surface area contributed by atoms with Crippen molar-refractivity contribution in [1.82, 2.24) is 9.78 Å². The van der Waals surface area contributed by atoms with Gasteiger partial charge < -0.3 is 19.9 Å². The Labute approximate surface area is 110 Å². The molecule has 6 nitrogen and oxygen atoms in total. The molecule has 2 heterocycles. The smallest absolute Gasteiger partial charge is 0.231 e. The van der Waals surface area contributed by atoms with E-state index in [0.29, 0.717) is 18.2 Å². The number of nitrogen functional groups attached to an aromatic ring is 1. The van der Waals surface area contributed by atoms with Crippen LogP contribution < -0.4 is 15.2 Å². The van der Waals surface area contributed by atoms with Gasteiger partial charge in [-0.05, 0) is 11.6 Å². The number of hydrogen-bond acceptors (Lipinski definition) is 5. The van der Waals surface area contributed by atoms with Gasteiger partial charge in [-0.15, -0.1) is 0 Å². The molecule has 0 unspecified atom stereocenters. The van der Waals surface area contributed by atoms with Crippen molar-refractivity contribution in [2.75, 3.05) is 19.6 Å². The van der Waals surface area contributed by atoms with Gasteiger partial charge in [0.1, 0.15) is 5.82 Å². The Morgan fingerprint density at radius 1 is 1.42 bits per heavy atom. The fourth-order valence-electron chi connectivity index (χ4n) is 2.22. The second-order valence-corrected chi connectivity index (χ2v) is 4.33. The minimum atomic E-state index is 0.221. The zero-order valence-corrected chi connectivity index (χ0v) is 10.8. The van der Waals surface area contributed by atoms with Gasteiger partial charge in [0, 0.05) is 25.3 Å². The Morgan fingerprint density at radius 2 is 2.26 bits per heavy atom. The van der Waals surface area contributed by atoms with Crippen LogP contribution in [0.15, 0.2) is 18.3 Å². The number of hydrogen-bond donors (Lipinski definition) is 1. The van der Waals surface area contributed by atoms with Gasteiger partial charge >= 0.3 is 0 Å². The molecule has 2 aromatic rings. The second-order valence-electron chi connectivity index (χ2n) is 4.33. The maximum Gasteiger partial charge on any atom is 0.231 e. The van der Waals surface area contributed by atoms with Crippen molar-refractivity contribution in [3.63, 3.8) is 0 Å². The van der Waals surface area contributed by atoms with Crippen molar-refractivity contribution in [3.8, 4) is 22.6 Å². The van der Waals surface area contributed by atoms with Gasteiger partial charge in [-0.3, -0.25) is 4.68 Å². The van der Waals surface area contributed by atoms with E-state index in [1.807, 2.05) is 12.1 Å². The molecule has 1 aliphatic rings. The lowest BCUT2D eigenvalue weighted by molar-refractivity contribution is 0.173. The molecular weight excluding hydrogens is 246 g/mol. The summed E-state index contributed by atoms with van der Waals surface area (Å²) >= 11 is 0. The number of anilines is 1. The third kappa shape index (κ3) is 1.80. The fraction of sp³-hybridized carbons (Fsp3) is 0.308. The molecule has 6 heteroatoms. The van der Waals surface area contributed by atoms with E-state index >= 15 is 0 Å². The van der Waals surface area contributed by atoms with Crippen molar-refractivity contribution >= 4 is 5.82 Å². The normalized spacial score (nSPS) is 12.9. The molecule has 0 saturated heterocycles. The summed E-state index contributed by atoms with van der Waals surface area (Å²) in [5, 5.41) is 4.17. The predicted molar refractivity (Wildman–Crippen MR) is 69.9 cm³/mol. The van der Waals surface area contributed by atoms with Crippen LogP contribution in [0.5, 0.6) is 11.5 Å². The van der Waals surface area contributed by atoms with Crippen LogP contribution in [0, 0.1) is 0 Å². The topological polar surface area (TPSA) is 71.5 Å². The van der Waals surface area contributed by atoms with Crippen LogP contribution >= 0.6 is 0 Å². The largest absolute Gasteiger partial charge is 0.454 e. The molecule has 100 valence electrons. The Balaban J connectivity index is 2.23. The Kier molecular flexibility index (Phi) is 2.79. The number of aryl methyl sites for hydroxylation is 1. The molecule has 0 aliphatic carbocycles. The number of nitrogens with zero attached hydrogens (tertiary/aromatic N) is 2. The minimum absolute atomic E-state index is 0.221. The summed E-state index contributed by atoms with van der Waals surface area (Å²) in [5.74, 6) is 2.01. The number of rotatable bonds is 3. The van der Waals surface area contributed by atoms with Crippen molar-refractivity contribution in [1.29, 1.82) is 0 Å².